The Labute approximate surface area is 98.5 Å². The van der Waals surface area contributed by atoms with Crippen LogP contribution >= 0.6 is 0 Å². The molecule has 5 nitrogen and oxygen atoms in total. The molecule has 3 N–H and O–H groups in total. The van der Waals surface area contributed by atoms with Crippen LogP contribution in [0.15, 0.2) is 30.7 Å². The van der Waals surface area contributed by atoms with Gasteiger partial charge >= 0.3 is 0 Å². The minimum absolute atomic E-state index is 0.178. The number of imidazole rings is 1. The lowest BCUT2D eigenvalue weighted by Crippen LogP contribution is -2.22. The maximum Gasteiger partial charge on any atom is 0.251 e. The zero-order valence-corrected chi connectivity index (χ0v) is 9.40. The number of hydrogen-bond donors (Lipinski definition) is 3. The number of H-pyrrole nitrogens is 1. The number of aromatic nitrogens is 2. The number of phenols is 1. The van der Waals surface area contributed by atoms with Gasteiger partial charge in [-0.05, 0) is 30.7 Å². The molecule has 0 saturated carbocycles. The zero-order chi connectivity index (χ0) is 12.3. The molecule has 0 aliphatic heterocycles. The van der Waals surface area contributed by atoms with Gasteiger partial charge in [-0.1, -0.05) is 0 Å². The Morgan fingerprint density at radius 2 is 2.35 bits per heavy atom. The molecule has 0 atom stereocenters. The SMILES string of the molecule is Cc1cc(C(=O)NCc2cnc[nH]2)ccc1O. The molecule has 0 spiro atoms. The smallest absolute Gasteiger partial charge is 0.251 e. The summed E-state index contributed by atoms with van der Waals surface area (Å²) in [5.74, 6) is 0.0119. The first-order valence-electron chi connectivity index (χ1n) is 5.22. The second kappa shape index (κ2) is 4.69. The number of amides is 1. The van der Waals surface area contributed by atoms with Crippen molar-refractivity contribution in [1.29, 1.82) is 0 Å². The molecule has 5 heteroatoms. The first-order chi connectivity index (χ1) is 8.16. The average Bonchev–Trinajstić information content (AvgIpc) is 2.82. The normalized spacial score (nSPS) is 10.2. The van der Waals surface area contributed by atoms with Crippen LogP contribution in [0.2, 0.25) is 0 Å². The van der Waals surface area contributed by atoms with Crippen molar-refractivity contribution >= 4 is 5.91 Å². The summed E-state index contributed by atoms with van der Waals surface area (Å²) in [5, 5.41) is 12.1. The molecule has 1 aromatic heterocycles. The molecule has 0 saturated heterocycles. The van der Waals surface area contributed by atoms with Gasteiger partial charge in [-0.15, -0.1) is 0 Å². The highest BCUT2D eigenvalue weighted by atomic mass is 16.3. The van der Waals surface area contributed by atoms with Gasteiger partial charge in [0.15, 0.2) is 0 Å². The summed E-state index contributed by atoms with van der Waals surface area (Å²) in [6, 6.07) is 4.75. The fourth-order valence-corrected chi connectivity index (χ4v) is 1.46. The van der Waals surface area contributed by atoms with Gasteiger partial charge in [-0.2, -0.15) is 0 Å². The molecule has 0 fully saturated rings. The summed E-state index contributed by atoms with van der Waals surface area (Å²) in [5.41, 5.74) is 2.05. The van der Waals surface area contributed by atoms with E-state index in [4.69, 9.17) is 0 Å². The van der Waals surface area contributed by atoms with Crippen LogP contribution in [-0.4, -0.2) is 21.0 Å². The molecule has 0 aliphatic carbocycles. The summed E-state index contributed by atoms with van der Waals surface area (Å²) in [6.07, 6.45) is 3.22. The molecular weight excluding hydrogens is 218 g/mol. The number of aromatic hydroxyl groups is 1. The predicted octanol–water partition coefficient (Wildman–Crippen LogP) is 1.35. The van der Waals surface area contributed by atoms with Gasteiger partial charge in [0.2, 0.25) is 0 Å². The first-order valence-corrected chi connectivity index (χ1v) is 5.22. The Kier molecular flexibility index (Phi) is 3.09. The van der Waals surface area contributed by atoms with E-state index in [9.17, 15) is 9.90 Å². The fourth-order valence-electron chi connectivity index (χ4n) is 1.46. The first kappa shape index (κ1) is 11.2. The van der Waals surface area contributed by atoms with Crippen molar-refractivity contribution in [2.24, 2.45) is 0 Å². The van der Waals surface area contributed by atoms with E-state index in [0.29, 0.717) is 17.7 Å². The highest BCUT2D eigenvalue weighted by Crippen LogP contribution is 2.16. The number of benzene rings is 1. The van der Waals surface area contributed by atoms with E-state index in [1.54, 1.807) is 31.6 Å². The Bertz CT molecular complexity index is 521. The molecule has 17 heavy (non-hydrogen) atoms. The van der Waals surface area contributed by atoms with E-state index >= 15 is 0 Å². The molecule has 0 unspecified atom stereocenters. The molecule has 88 valence electrons. The summed E-state index contributed by atoms with van der Waals surface area (Å²) in [4.78, 5) is 18.5. The maximum absolute atomic E-state index is 11.8. The van der Waals surface area contributed by atoms with Crippen LogP contribution in [-0.2, 0) is 6.54 Å². The molecule has 0 aliphatic rings. The van der Waals surface area contributed by atoms with Crippen molar-refractivity contribution in [2.45, 2.75) is 13.5 Å². The fraction of sp³-hybridized carbons (Fsp3) is 0.167. The van der Waals surface area contributed by atoms with Gasteiger partial charge in [-0.25, -0.2) is 4.98 Å². The van der Waals surface area contributed by atoms with E-state index in [-0.39, 0.29) is 11.7 Å². The third-order valence-electron chi connectivity index (χ3n) is 2.45. The number of nitrogens with zero attached hydrogens (tertiary/aromatic N) is 1. The second-order valence-corrected chi connectivity index (χ2v) is 3.76. The highest BCUT2D eigenvalue weighted by molar-refractivity contribution is 5.94. The summed E-state index contributed by atoms with van der Waals surface area (Å²) < 4.78 is 0. The number of aryl methyl sites for hydroxylation is 1. The van der Waals surface area contributed by atoms with E-state index in [2.05, 4.69) is 15.3 Å². The van der Waals surface area contributed by atoms with Crippen LogP contribution in [0, 0.1) is 6.92 Å². The minimum Gasteiger partial charge on any atom is -0.508 e. The molecule has 1 heterocycles. The Morgan fingerprint density at radius 1 is 1.53 bits per heavy atom. The Hall–Kier alpha value is -2.30. The van der Waals surface area contributed by atoms with E-state index in [1.165, 1.54) is 6.07 Å². The molecule has 2 aromatic rings. The average molecular weight is 231 g/mol. The van der Waals surface area contributed by atoms with Gasteiger partial charge < -0.3 is 15.4 Å². The van der Waals surface area contributed by atoms with Crippen LogP contribution in [0.1, 0.15) is 21.6 Å². The Balaban J connectivity index is 2.02. The van der Waals surface area contributed by atoms with Gasteiger partial charge in [0.05, 0.1) is 18.6 Å². The number of nitrogens with one attached hydrogen (secondary N) is 2. The van der Waals surface area contributed by atoms with Crippen molar-refractivity contribution in [1.82, 2.24) is 15.3 Å². The van der Waals surface area contributed by atoms with E-state index in [1.807, 2.05) is 0 Å². The summed E-state index contributed by atoms with van der Waals surface area (Å²) in [7, 11) is 0. The second-order valence-electron chi connectivity index (χ2n) is 3.76. The lowest BCUT2D eigenvalue weighted by molar-refractivity contribution is 0.0950. The number of aromatic amines is 1. The monoisotopic (exact) mass is 231 g/mol. The van der Waals surface area contributed by atoms with Gasteiger partial charge in [0.1, 0.15) is 5.75 Å². The van der Waals surface area contributed by atoms with Crippen LogP contribution in [0.3, 0.4) is 0 Å². The zero-order valence-electron chi connectivity index (χ0n) is 9.40. The van der Waals surface area contributed by atoms with Crippen molar-refractivity contribution < 1.29 is 9.90 Å². The maximum atomic E-state index is 11.8. The topological polar surface area (TPSA) is 78.0 Å². The number of rotatable bonds is 3. The van der Waals surface area contributed by atoms with Crippen LogP contribution in [0.4, 0.5) is 0 Å². The van der Waals surface area contributed by atoms with Crippen molar-refractivity contribution in [2.75, 3.05) is 0 Å². The van der Waals surface area contributed by atoms with Crippen LogP contribution in [0.5, 0.6) is 5.75 Å². The van der Waals surface area contributed by atoms with E-state index < -0.39 is 0 Å². The quantitative estimate of drug-likeness (QED) is 0.746. The molecule has 0 radical (unpaired) electrons. The molecule has 0 bridgehead atoms. The predicted molar refractivity (Wildman–Crippen MR) is 62.6 cm³/mol. The summed E-state index contributed by atoms with van der Waals surface area (Å²) >= 11 is 0. The van der Waals surface area contributed by atoms with Crippen LogP contribution in [0.25, 0.3) is 0 Å². The highest BCUT2D eigenvalue weighted by Gasteiger charge is 2.07. The molecule has 1 amide bonds. The molecule has 1 aromatic carbocycles. The van der Waals surface area contributed by atoms with Gasteiger partial charge in [0, 0.05) is 11.8 Å². The standard InChI is InChI=1S/C12H13N3O2/c1-8-4-9(2-3-11(8)16)12(17)14-6-10-5-13-7-15-10/h2-5,7,16H,6H2,1H3,(H,13,15)(H,14,17). The van der Waals surface area contributed by atoms with Crippen LogP contribution < -0.4 is 5.32 Å². The number of hydrogen-bond acceptors (Lipinski definition) is 3. The third-order valence-corrected chi connectivity index (χ3v) is 2.45. The number of carbonyl (C=O) groups excluding carboxylic acids is 1. The minimum atomic E-state index is -0.178. The summed E-state index contributed by atoms with van der Waals surface area (Å²) in [6.45, 7) is 2.15. The van der Waals surface area contributed by atoms with Gasteiger partial charge in [0.25, 0.3) is 5.91 Å². The Morgan fingerprint density at radius 3 is 3.00 bits per heavy atom. The van der Waals surface area contributed by atoms with Crippen molar-refractivity contribution in [3.8, 4) is 5.75 Å². The van der Waals surface area contributed by atoms with Crippen molar-refractivity contribution in [3.05, 3.63) is 47.5 Å². The third kappa shape index (κ3) is 2.63. The number of carbonyl (C=O) groups is 1. The van der Waals surface area contributed by atoms with E-state index in [0.717, 1.165) is 5.69 Å². The largest absolute Gasteiger partial charge is 0.508 e. The number of phenolic OH excluding ortho intramolecular Hbond substituents is 1. The lowest BCUT2D eigenvalue weighted by atomic mass is 10.1. The lowest BCUT2D eigenvalue weighted by Gasteiger charge is -2.05. The van der Waals surface area contributed by atoms with Crippen molar-refractivity contribution in [3.63, 3.8) is 0 Å². The molecular formula is C12H13N3O2. The van der Waals surface area contributed by atoms with Gasteiger partial charge in [-0.3, -0.25) is 4.79 Å². The molecule has 2 rings (SSSR count).